The maximum atomic E-state index is 13.0. The molecule has 0 aromatic rings. The fourth-order valence-corrected chi connectivity index (χ4v) is 4.78. The smallest absolute Gasteiger partial charge is 0.224 e. The van der Waals surface area contributed by atoms with Crippen molar-refractivity contribution in [3.8, 4) is 0 Å². The van der Waals surface area contributed by atoms with Crippen LogP contribution in [0.5, 0.6) is 0 Å². The van der Waals surface area contributed by atoms with Gasteiger partial charge in [-0.2, -0.15) is 0 Å². The minimum absolute atomic E-state index is 0.0228. The molecule has 0 spiro atoms. The second-order valence-corrected chi connectivity index (χ2v) is 9.47. The summed E-state index contributed by atoms with van der Waals surface area (Å²) in [6.07, 6.45) is 12.7. The lowest BCUT2D eigenvalue weighted by Crippen LogP contribution is -2.48. The van der Waals surface area contributed by atoms with Gasteiger partial charge in [0.15, 0.2) is 0 Å². The van der Waals surface area contributed by atoms with Gasteiger partial charge in [-0.3, -0.25) is 9.59 Å². The average molecular weight is 351 g/mol. The molecule has 25 heavy (non-hydrogen) atoms. The molecule has 144 valence electrons. The molecule has 4 nitrogen and oxygen atoms in total. The SMILES string of the molecule is CC(C)(C)NC(=O)C(CC1CCCC1)C(CCC1CCCC1)C(N)=O. The Bertz CT molecular complexity index is 443. The van der Waals surface area contributed by atoms with E-state index < -0.39 is 0 Å². The Morgan fingerprint density at radius 1 is 0.960 bits per heavy atom. The predicted octanol–water partition coefficient (Wildman–Crippen LogP) is 4.17. The van der Waals surface area contributed by atoms with Crippen LogP contribution >= 0.6 is 0 Å². The first kappa shape index (κ1) is 20.3. The topological polar surface area (TPSA) is 72.2 Å². The number of amides is 2. The number of nitrogens with one attached hydrogen (secondary N) is 1. The van der Waals surface area contributed by atoms with E-state index in [0.29, 0.717) is 5.92 Å². The zero-order valence-corrected chi connectivity index (χ0v) is 16.5. The molecule has 2 aliphatic rings. The molecular weight excluding hydrogens is 312 g/mol. The first-order chi connectivity index (χ1) is 11.8. The van der Waals surface area contributed by atoms with Crippen LogP contribution in [0.3, 0.4) is 0 Å². The lowest BCUT2D eigenvalue weighted by Gasteiger charge is -2.30. The summed E-state index contributed by atoms with van der Waals surface area (Å²) in [7, 11) is 0. The number of hydrogen-bond acceptors (Lipinski definition) is 2. The summed E-state index contributed by atoms with van der Waals surface area (Å²) in [6, 6.07) is 0. The molecule has 3 N–H and O–H groups in total. The molecule has 2 amide bonds. The molecule has 2 fully saturated rings. The Morgan fingerprint density at radius 3 is 1.96 bits per heavy atom. The predicted molar refractivity (Wildman–Crippen MR) is 102 cm³/mol. The van der Waals surface area contributed by atoms with E-state index in [1.165, 1.54) is 51.4 Å². The van der Waals surface area contributed by atoms with E-state index in [9.17, 15) is 9.59 Å². The first-order valence-electron chi connectivity index (χ1n) is 10.4. The van der Waals surface area contributed by atoms with Crippen molar-refractivity contribution in [1.29, 1.82) is 0 Å². The van der Waals surface area contributed by atoms with Crippen LogP contribution in [0.2, 0.25) is 0 Å². The maximum absolute atomic E-state index is 13.0. The number of nitrogens with two attached hydrogens (primary N) is 1. The van der Waals surface area contributed by atoms with Gasteiger partial charge in [-0.1, -0.05) is 51.4 Å². The van der Waals surface area contributed by atoms with Crippen molar-refractivity contribution in [2.75, 3.05) is 0 Å². The third-order valence-electron chi connectivity index (χ3n) is 6.11. The van der Waals surface area contributed by atoms with E-state index in [1.807, 2.05) is 20.8 Å². The molecule has 0 bridgehead atoms. The van der Waals surface area contributed by atoms with Crippen molar-refractivity contribution in [3.05, 3.63) is 0 Å². The van der Waals surface area contributed by atoms with Gasteiger partial charge in [-0.25, -0.2) is 0 Å². The number of rotatable bonds is 8. The largest absolute Gasteiger partial charge is 0.369 e. The molecule has 4 heteroatoms. The number of carbonyl (C=O) groups is 2. The van der Waals surface area contributed by atoms with Crippen molar-refractivity contribution in [2.24, 2.45) is 29.4 Å². The second-order valence-electron chi connectivity index (χ2n) is 9.47. The summed E-state index contributed by atoms with van der Waals surface area (Å²) in [5.74, 6) is 0.452. The highest BCUT2D eigenvalue weighted by molar-refractivity contribution is 5.87. The number of primary amides is 1. The third kappa shape index (κ3) is 6.63. The summed E-state index contributed by atoms with van der Waals surface area (Å²) in [6.45, 7) is 5.99. The van der Waals surface area contributed by atoms with Crippen LogP contribution in [0.4, 0.5) is 0 Å². The van der Waals surface area contributed by atoms with Crippen molar-refractivity contribution in [3.63, 3.8) is 0 Å². The van der Waals surface area contributed by atoms with Crippen molar-refractivity contribution < 1.29 is 9.59 Å². The van der Waals surface area contributed by atoms with E-state index in [1.54, 1.807) is 0 Å². The van der Waals surface area contributed by atoms with Gasteiger partial charge in [-0.15, -0.1) is 0 Å². The molecule has 2 saturated carbocycles. The van der Waals surface area contributed by atoms with Gasteiger partial charge in [0, 0.05) is 17.4 Å². The zero-order valence-electron chi connectivity index (χ0n) is 16.5. The lowest BCUT2D eigenvalue weighted by molar-refractivity contribution is -0.135. The van der Waals surface area contributed by atoms with Gasteiger partial charge in [0.1, 0.15) is 0 Å². The molecule has 2 atom stereocenters. The fourth-order valence-electron chi connectivity index (χ4n) is 4.78. The first-order valence-corrected chi connectivity index (χ1v) is 10.4. The summed E-state index contributed by atoms with van der Waals surface area (Å²) < 4.78 is 0. The van der Waals surface area contributed by atoms with Crippen LogP contribution in [-0.2, 0) is 9.59 Å². The standard InChI is InChI=1S/C21H38N2O2/c1-21(2,3)23-20(25)18(14-16-10-6-7-11-16)17(19(22)24)13-12-15-8-4-5-9-15/h15-18H,4-14H2,1-3H3,(H2,22,24)(H,23,25). The Morgan fingerprint density at radius 2 is 1.48 bits per heavy atom. The molecular formula is C21H38N2O2. The van der Waals surface area contributed by atoms with Gasteiger partial charge in [0.05, 0.1) is 0 Å². The molecule has 2 unspecified atom stereocenters. The molecule has 0 aromatic heterocycles. The molecule has 0 saturated heterocycles. The summed E-state index contributed by atoms with van der Waals surface area (Å²) in [5, 5.41) is 3.11. The van der Waals surface area contributed by atoms with Crippen LogP contribution in [-0.4, -0.2) is 17.4 Å². The minimum atomic E-state index is -0.316. The highest BCUT2D eigenvalue weighted by atomic mass is 16.2. The van der Waals surface area contributed by atoms with Gasteiger partial charge < -0.3 is 11.1 Å². The molecule has 0 aromatic carbocycles. The third-order valence-corrected chi connectivity index (χ3v) is 6.11. The normalized spacial score (nSPS) is 22.0. The van der Waals surface area contributed by atoms with Crippen LogP contribution in [0.15, 0.2) is 0 Å². The number of carbonyl (C=O) groups excluding carboxylic acids is 2. The fraction of sp³-hybridized carbons (Fsp3) is 0.905. The lowest BCUT2D eigenvalue weighted by atomic mass is 9.78. The van der Waals surface area contributed by atoms with Crippen LogP contribution < -0.4 is 11.1 Å². The van der Waals surface area contributed by atoms with Crippen LogP contribution in [0.25, 0.3) is 0 Å². The van der Waals surface area contributed by atoms with Gasteiger partial charge in [0.2, 0.25) is 11.8 Å². The van der Waals surface area contributed by atoms with E-state index in [4.69, 9.17) is 5.73 Å². The summed E-state index contributed by atoms with van der Waals surface area (Å²) in [5.41, 5.74) is 5.50. The van der Waals surface area contributed by atoms with Gasteiger partial charge in [-0.05, 0) is 51.9 Å². The Labute approximate surface area is 153 Å². The summed E-state index contributed by atoms with van der Waals surface area (Å²) in [4.78, 5) is 25.2. The quantitative estimate of drug-likeness (QED) is 0.689. The Hall–Kier alpha value is -1.06. The van der Waals surface area contributed by atoms with E-state index in [0.717, 1.165) is 25.2 Å². The van der Waals surface area contributed by atoms with E-state index >= 15 is 0 Å². The number of hydrogen-bond donors (Lipinski definition) is 2. The second kappa shape index (κ2) is 9.05. The van der Waals surface area contributed by atoms with Crippen molar-refractivity contribution >= 4 is 11.8 Å². The van der Waals surface area contributed by atoms with Gasteiger partial charge >= 0.3 is 0 Å². The monoisotopic (exact) mass is 350 g/mol. The van der Waals surface area contributed by atoms with Crippen molar-refractivity contribution in [1.82, 2.24) is 5.32 Å². The highest BCUT2D eigenvalue weighted by Gasteiger charge is 2.36. The molecule has 0 heterocycles. The molecule has 0 radical (unpaired) electrons. The zero-order chi connectivity index (χ0) is 18.4. The average Bonchev–Trinajstić information content (AvgIpc) is 3.17. The summed E-state index contributed by atoms with van der Waals surface area (Å²) >= 11 is 0. The molecule has 2 aliphatic carbocycles. The van der Waals surface area contributed by atoms with E-state index in [-0.39, 0.29) is 29.2 Å². The molecule has 0 aliphatic heterocycles. The Kier molecular flexibility index (Phi) is 7.33. The Balaban J connectivity index is 2.06. The maximum Gasteiger partial charge on any atom is 0.224 e. The van der Waals surface area contributed by atoms with Gasteiger partial charge in [0.25, 0.3) is 0 Å². The van der Waals surface area contributed by atoms with Crippen molar-refractivity contribution in [2.45, 2.75) is 96.9 Å². The van der Waals surface area contributed by atoms with Crippen LogP contribution in [0, 0.1) is 23.7 Å². The van der Waals surface area contributed by atoms with Crippen LogP contribution in [0.1, 0.15) is 91.4 Å². The highest BCUT2D eigenvalue weighted by Crippen LogP contribution is 2.36. The molecule has 2 rings (SSSR count). The minimum Gasteiger partial charge on any atom is -0.369 e. The van der Waals surface area contributed by atoms with E-state index in [2.05, 4.69) is 5.32 Å².